The molecule has 3 rings (SSSR count). The summed E-state index contributed by atoms with van der Waals surface area (Å²) in [6.07, 6.45) is 3.91. The summed E-state index contributed by atoms with van der Waals surface area (Å²) in [5.74, 6) is 0.800. The van der Waals surface area contributed by atoms with E-state index >= 15 is 0 Å². The number of nitrogens with zero attached hydrogens (tertiary/aromatic N) is 1. The zero-order chi connectivity index (χ0) is 10.4. The van der Waals surface area contributed by atoms with Crippen molar-refractivity contribution in [3.05, 3.63) is 32.6 Å². The lowest BCUT2D eigenvalue weighted by atomic mass is 10.1. The Morgan fingerprint density at radius 3 is 3.07 bits per heavy atom. The maximum Gasteiger partial charge on any atom is 0.0704 e. The van der Waals surface area contributed by atoms with E-state index in [2.05, 4.69) is 33.5 Å². The van der Waals surface area contributed by atoms with E-state index in [4.69, 9.17) is 0 Å². The summed E-state index contributed by atoms with van der Waals surface area (Å²) >= 11 is 5.46. The maximum absolute atomic E-state index is 4.24. The number of fused-ring (bicyclic) bond motifs is 1. The van der Waals surface area contributed by atoms with Crippen LogP contribution in [-0.4, -0.2) is 11.4 Å². The lowest BCUT2D eigenvalue weighted by Gasteiger charge is -2.30. The van der Waals surface area contributed by atoms with E-state index in [-0.39, 0.29) is 0 Å². The van der Waals surface area contributed by atoms with Crippen LogP contribution in [0.5, 0.6) is 0 Å². The lowest BCUT2D eigenvalue weighted by Crippen LogP contribution is -2.29. The fourth-order valence-electron chi connectivity index (χ4n) is 2.22. The second kappa shape index (κ2) is 3.63. The van der Waals surface area contributed by atoms with Crippen LogP contribution < -0.4 is 0 Å². The largest absolute Gasteiger partial charge is 0.370 e. The van der Waals surface area contributed by atoms with Gasteiger partial charge in [0.15, 0.2) is 0 Å². The average Bonchev–Trinajstić information content (AvgIpc) is 2.98. The van der Waals surface area contributed by atoms with Gasteiger partial charge in [-0.15, -0.1) is 11.3 Å². The molecule has 0 aromatic carbocycles. The highest BCUT2D eigenvalue weighted by atomic mass is 79.9. The molecular formula is C12H14BrNS. The standard InChI is InChI=1S/C12H14BrNS/c1-8(9-2-3-9)14-5-4-11-10(7-14)6-12(13)15-11/h6,9H,1-5,7H2. The number of hydrogen-bond acceptors (Lipinski definition) is 2. The van der Waals surface area contributed by atoms with E-state index in [1.165, 1.54) is 34.3 Å². The van der Waals surface area contributed by atoms with Gasteiger partial charge >= 0.3 is 0 Å². The van der Waals surface area contributed by atoms with Crippen molar-refractivity contribution < 1.29 is 0 Å². The summed E-state index contributed by atoms with van der Waals surface area (Å²) in [6, 6.07) is 2.27. The molecule has 0 radical (unpaired) electrons. The van der Waals surface area contributed by atoms with Crippen molar-refractivity contribution in [2.45, 2.75) is 25.8 Å². The van der Waals surface area contributed by atoms with Crippen molar-refractivity contribution in [2.75, 3.05) is 6.54 Å². The second-order valence-electron chi connectivity index (χ2n) is 4.44. The van der Waals surface area contributed by atoms with E-state index in [1.807, 2.05) is 11.3 Å². The fourth-order valence-corrected chi connectivity index (χ4v) is 3.96. The number of halogens is 1. The Morgan fingerprint density at radius 2 is 2.33 bits per heavy atom. The molecule has 2 aliphatic rings. The van der Waals surface area contributed by atoms with Crippen molar-refractivity contribution in [2.24, 2.45) is 5.92 Å². The minimum atomic E-state index is 0.800. The smallest absolute Gasteiger partial charge is 0.0704 e. The fraction of sp³-hybridized carbons (Fsp3) is 0.500. The molecule has 15 heavy (non-hydrogen) atoms. The van der Waals surface area contributed by atoms with Crippen LogP contribution in [0.4, 0.5) is 0 Å². The molecule has 1 aliphatic carbocycles. The highest BCUT2D eigenvalue weighted by Crippen LogP contribution is 2.40. The monoisotopic (exact) mass is 283 g/mol. The van der Waals surface area contributed by atoms with Gasteiger partial charge in [-0.3, -0.25) is 0 Å². The zero-order valence-electron chi connectivity index (χ0n) is 8.63. The zero-order valence-corrected chi connectivity index (χ0v) is 11.0. The van der Waals surface area contributed by atoms with E-state index in [1.54, 1.807) is 4.88 Å². The Hall–Kier alpha value is -0.280. The topological polar surface area (TPSA) is 3.24 Å². The van der Waals surface area contributed by atoms with Crippen LogP contribution in [-0.2, 0) is 13.0 Å². The minimum absolute atomic E-state index is 0.800. The van der Waals surface area contributed by atoms with E-state index in [9.17, 15) is 0 Å². The quantitative estimate of drug-likeness (QED) is 0.798. The highest BCUT2D eigenvalue weighted by Gasteiger charge is 2.30. The van der Waals surface area contributed by atoms with Gasteiger partial charge in [-0.1, -0.05) is 6.58 Å². The number of allylic oxidation sites excluding steroid dienone is 1. The van der Waals surface area contributed by atoms with Crippen molar-refractivity contribution >= 4 is 27.3 Å². The van der Waals surface area contributed by atoms with Crippen molar-refractivity contribution in [3.8, 4) is 0 Å². The summed E-state index contributed by atoms with van der Waals surface area (Å²) in [5.41, 5.74) is 2.88. The van der Waals surface area contributed by atoms with Crippen LogP contribution >= 0.6 is 27.3 Å². The molecule has 0 saturated heterocycles. The molecule has 0 spiro atoms. The summed E-state index contributed by atoms with van der Waals surface area (Å²) in [7, 11) is 0. The Morgan fingerprint density at radius 1 is 1.53 bits per heavy atom. The van der Waals surface area contributed by atoms with E-state index in [0.717, 1.165) is 19.0 Å². The Balaban J connectivity index is 1.78. The normalized spacial score (nSPS) is 20.2. The van der Waals surface area contributed by atoms with Crippen LogP contribution in [0.15, 0.2) is 22.1 Å². The van der Waals surface area contributed by atoms with Crippen molar-refractivity contribution in [1.29, 1.82) is 0 Å². The van der Waals surface area contributed by atoms with Crippen molar-refractivity contribution in [1.82, 2.24) is 4.90 Å². The molecule has 0 atom stereocenters. The molecule has 0 amide bonds. The van der Waals surface area contributed by atoms with E-state index < -0.39 is 0 Å². The number of rotatable bonds is 2. The van der Waals surface area contributed by atoms with Gasteiger partial charge in [0.05, 0.1) is 3.79 Å². The lowest BCUT2D eigenvalue weighted by molar-refractivity contribution is 0.310. The predicted octanol–water partition coefficient (Wildman–Crippen LogP) is 3.79. The second-order valence-corrected chi connectivity index (χ2v) is 6.95. The van der Waals surface area contributed by atoms with Crippen LogP contribution in [0.25, 0.3) is 0 Å². The third-order valence-corrected chi connectivity index (χ3v) is 5.03. The first-order valence-corrected chi connectivity index (χ1v) is 7.06. The Kier molecular flexibility index (Phi) is 2.40. The van der Waals surface area contributed by atoms with Gasteiger partial charge in [-0.25, -0.2) is 0 Å². The highest BCUT2D eigenvalue weighted by molar-refractivity contribution is 9.11. The molecule has 1 aliphatic heterocycles. The van der Waals surface area contributed by atoms with Gasteiger partial charge in [0.1, 0.15) is 0 Å². The molecule has 0 N–H and O–H groups in total. The predicted molar refractivity (Wildman–Crippen MR) is 68.0 cm³/mol. The Bertz CT molecular complexity index is 406. The first-order valence-electron chi connectivity index (χ1n) is 5.45. The molecular weight excluding hydrogens is 270 g/mol. The molecule has 1 saturated carbocycles. The molecule has 0 unspecified atom stereocenters. The molecule has 1 nitrogen and oxygen atoms in total. The molecule has 1 aromatic rings. The molecule has 1 fully saturated rings. The number of hydrogen-bond donors (Lipinski definition) is 0. The molecule has 1 aromatic heterocycles. The maximum atomic E-state index is 4.24. The van der Waals surface area contributed by atoms with Crippen LogP contribution in [0, 0.1) is 5.92 Å². The third-order valence-electron chi connectivity index (χ3n) is 3.29. The van der Waals surface area contributed by atoms with Crippen LogP contribution in [0.2, 0.25) is 0 Å². The first kappa shape index (κ1) is 9.91. The van der Waals surface area contributed by atoms with Gasteiger partial charge in [0, 0.05) is 23.7 Å². The minimum Gasteiger partial charge on any atom is -0.370 e. The summed E-state index contributed by atoms with van der Waals surface area (Å²) in [6.45, 7) is 6.48. The summed E-state index contributed by atoms with van der Waals surface area (Å²) in [4.78, 5) is 4.03. The summed E-state index contributed by atoms with van der Waals surface area (Å²) in [5, 5.41) is 0. The van der Waals surface area contributed by atoms with Crippen LogP contribution in [0.1, 0.15) is 23.3 Å². The van der Waals surface area contributed by atoms with Crippen molar-refractivity contribution in [3.63, 3.8) is 0 Å². The third kappa shape index (κ3) is 1.87. The number of thiophene rings is 1. The summed E-state index contributed by atoms with van der Waals surface area (Å²) < 4.78 is 1.27. The van der Waals surface area contributed by atoms with Gasteiger partial charge in [-0.05, 0) is 52.7 Å². The molecule has 80 valence electrons. The average molecular weight is 284 g/mol. The molecule has 0 bridgehead atoms. The first-order chi connectivity index (χ1) is 7.24. The van der Waals surface area contributed by atoms with Gasteiger partial charge in [-0.2, -0.15) is 0 Å². The van der Waals surface area contributed by atoms with E-state index in [0.29, 0.717) is 0 Å². The molecule has 2 heterocycles. The van der Waals surface area contributed by atoms with Crippen LogP contribution in [0.3, 0.4) is 0 Å². The molecule has 3 heteroatoms. The van der Waals surface area contributed by atoms with Gasteiger partial charge in [0.25, 0.3) is 0 Å². The van der Waals surface area contributed by atoms with Gasteiger partial charge in [0.2, 0.25) is 0 Å². The van der Waals surface area contributed by atoms with Gasteiger partial charge < -0.3 is 4.90 Å². The SMILES string of the molecule is C=C(C1CC1)N1CCc2sc(Br)cc2C1. The Labute approximate surface area is 103 Å².